The Labute approximate surface area is 159 Å². The van der Waals surface area contributed by atoms with E-state index in [0.717, 1.165) is 18.4 Å². The van der Waals surface area contributed by atoms with Crippen molar-refractivity contribution in [2.24, 2.45) is 0 Å². The molecule has 1 atom stereocenters. The topological polar surface area (TPSA) is 40.6 Å². The van der Waals surface area contributed by atoms with Crippen LogP contribution in [-0.2, 0) is 16.0 Å². The van der Waals surface area contributed by atoms with Crippen LogP contribution >= 0.6 is 11.3 Å². The zero-order valence-electron chi connectivity index (χ0n) is 15.5. The number of hydrogen-bond donors (Lipinski definition) is 0. The first-order valence-electron chi connectivity index (χ1n) is 9.34. The molecule has 4 nitrogen and oxygen atoms in total. The Morgan fingerprint density at radius 3 is 2.65 bits per heavy atom. The van der Waals surface area contributed by atoms with Gasteiger partial charge in [0.2, 0.25) is 11.8 Å². The van der Waals surface area contributed by atoms with Crippen molar-refractivity contribution in [3.8, 4) is 0 Å². The smallest absolute Gasteiger partial charge is 0.242 e. The van der Waals surface area contributed by atoms with E-state index < -0.39 is 0 Å². The van der Waals surface area contributed by atoms with Crippen LogP contribution in [-0.4, -0.2) is 41.2 Å². The molecule has 1 aromatic carbocycles. The van der Waals surface area contributed by atoms with Gasteiger partial charge in [-0.05, 0) is 35.4 Å². The highest BCUT2D eigenvalue weighted by Crippen LogP contribution is 2.37. The third-order valence-electron chi connectivity index (χ3n) is 4.88. The van der Waals surface area contributed by atoms with Crippen LogP contribution in [0.25, 0.3) is 0 Å². The summed E-state index contributed by atoms with van der Waals surface area (Å²) in [5.74, 6) is 0.0793. The van der Waals surface area contributed by atoms with E-state index in [4.69, 9.17) is 0 Å². The molecule has 5 heteroatoms. The Kier molecular flexibility index (Phi) is 6.09. The highest BCUT2D eigenvalue weighted by molar-refractivity contribution is 7.10. The van der Waals surface area contributed by atoms with E-state index in [-0.39, 0.29) is 24.4 Å². The van der Waals surface area contributed by atoms with Gasteiger partial charge in [-0.1, -0.05) is 44.2 Å². The number of amides is 2. The van der Waals surface area contributed by atoms with Gasteiger partial charge in [-0.3, -0.25) is 9.59 Å². The molecule has 138 valence electrons. The SMILES string of the molecule is CCCN(CC(=O)N1CCc2sccc2C1c1ccccc1)C(=O)CC. The lowest BCUT2D eigenvalue weighted by atomic mass is 9.93. The predicted molar refractivity (Wildman–Crippen MR) is 105 cm³/mol. The molecular weight excluding hydrogens is 344 g/mol. The predicted octanol–water partition coefficient (Wildman–Crippen LogP) is 3.87. The molecule has 0 aliphatic carbocycles. The van der Waals surface area contributed by atoms with Crippen LogP contribution < -0.4 is 0 Å². The van der Waals surface area contributed by atoms with Gasteiger partial charge in [0, 0.05) is 24.4 Å². The van der Waals surface area contributed by atoms with Gasteiger partial charge in [-0.15, -0.1) is 11.3 Å². The molecule has 1 aliphatic heterocycles. The number of rotatable bonds is 6. The molecule has 0 N–H and O–H groups in total. The third-order valence-corrected chi connectivity index (χ3v) is 5.87. The lowest BCUT2D eigenvalue weighted by Crippen LogP contribution is -2.46. The standard InChI is InChI=1S/C21H26N2O2S/c1-3-12-22(19(24)4-2)15-20(25)23-13-10-18-17(11-14-26-18)21(23)16-8-6-5-7-9-16/h5-9,11,14,21H,3-4,10,12-13,15H2,1-2H3. The fourth-order valence-corrected chi connectivity index (χ4v) is 4.52. The second-order valence-corrected chi connectivity index (χ2v) is 7.62. The first-order valence-corrected chi connectivity index (χ1v) is 10.2. The summed E-state index contributed by atoms with van der Waals surface area (Å²) in [5.41, 5.74) is 2.36. The average molecular weight is 371 g/mol. The molecule has 1 aromatic heterocycles. The molecule has 2 aromatic rings. The van der Waals surface area contributed by atoms with Crippen molar-refractivity contribution in [1.29, 1.82) is 0 Å². The summed E-state index contributed by atoms with van der Waals surface area (Å²) >= 11 is 1.77. The normalized spacial score (nSPS) is 16.2. The lowest BCUT2D eigenvalue weighted by Gasteiger charge is -2.37. The summed E-state index contributed by atoms with van der Waals surface area (Å²) < 4.78 is 0. The van der Waals surface area contributed by atoms with E-state index in [9.17, 15) is 9.59 Å². The quantitative estimate of drug-likeness (QED) is 0.774. The monoisotopic (exact) mass is 370 g/mol. The average Bonchev–Trinajstić information content (AvgIpc) is 3.15. The van der Waals surface area contributed by atoms with Crippen molar-refractivity contribution in [2.75, 3.05) is 19.6 Å². The molecule has 26 heavy (non-hydrogen) atoms. The van der Waals surface area contributed by atoms with E-state index in [1.165, 1.54) is 10.4 Å². The number of thiophene rings is 1. The maximum atomic E-state index is 13.2. The van der Waals surface area contributed by atoms with Crippen LogP contribution in [0.2, 0.25) is 0 Å². The summed E-state index contributed by atoms with van der Waals surface area (Å²) in [7, 11) is 0. The molecule has 2 heterocycles. The molecule has 0 bridgehead atoms. The molecule has 3 rings (SSSR count). The summed E-state index contributed by atoms with van der Waals surface area (Å²) in [4.78, 5) is 30.4. The first kappa shape index (κ1) is 18.6. The Bertz CT molecular complexity index is 756. The zero-order valence-corrected chi connectivity index (χ0v) is 16.3. The summed E-state index contributed by atoms with van der Waals surface area (Å²) in [6.45, 7) is 5.38. The molecule has 0 saturated heterocycles. The van der Waals surface area contributed by atoms with Crippen LogP contribution in [0.15, 0.2) is 41.8 Å². The third kappa shape index (κ3) is 3.83. The minimum absolute atomic E-state index is 0.0333. The largest absolute Gasteiger partial charge is 0.333 e. The van der Waals surface area contributed by atoms with E-state index in [2.05, 4.69) is 23.6 Å². The number of fused-ring (bicyclic) bond motifs is 1. The number of hydrogen-bond acceptors (Lipinski definition) is 3. The molecule has 0 radical (unpaired) electrons. The Hall–Kier alpha value is -2.14. The fourth-order valence-electron chi connectivity index (χ4n) is 3.62. The molecule has 1 unspecified atom stereocenters. The minimum Gasteiger partial charge on any atom is -0.333 e. The molecule has 0 spiro atoms. The van der Waals surface area contributed by atoms with Gasteiger partial charge in [0.05, 0.1) is 12.6 Å². The lowest BCUT2D eigenvalue weighted by molar-refractivity contribution is -0.141. The van der Waals surface area contributed by atoms with Crippen LogP contribution in [0.1, 0.15) is 48.7 Å². The first-order chi connectivity index (χ1) is 12.7. The van der Waals surface area contributed by atoms with E-state index in [1.807, 2.05) is 36.9 Å². The minimum atomic E-state index is -0.0566. The van der Waals surface area contributed by atoms with Crippen molar-refractivity contribution in [3.05, 3.63) is 57.8 Å². The molecule has 0 fully saturated rings. The summed E-state index contributed by atoms with van der Waals surface area (Å²) in [6.07, 6.45) is 2.18. The van der Waals surface area contributed by atoms with Crippen molar-refractivity contribution in [3.63, 3.8) is 0 Å². The van der Waals surface area contributed by atoms with Gasteiger partial charge in [0.15, 0.2) is 0 Å². The van der Waals surface area contributed by atoms with Gasteiger partial charge in [-0.2, -0.15) is 0 Å². The van der Waals surface area contributed by atoms with E-state index in [1.54, 1.807) is 16.2 Å². The van der Waals surface area contributed by atoms with Crippen LogP contribution in [0.3, 0.4) is 0 Å². The van der Waals surface area contributed by atoms with Crippen molar-refractivity contribution in [2.45, 2.75) is 39.2 Å². The second-order valence-electron chi connectivity index (χ2n) is 6.62. The van der Waals surface area contributed by atoms with Crippen LogP contribution in [0, 0.1) is 0 Å². The van der Waals surface area contributed by atoms with Gasteiger partial charge >= 0.3 is 0 Å². The van der Waals surface area contributed by atoms with Gasteiger partial charge in [0.1, 0.15) is 0 Å². The number of nitrogens with zero attached hydrogens (tertiary/aromatic N) is 2. The van der Waals surface area contributed by atoms with Crippen molar-refractivity contribution >= 4 is 23.2 Å². The Morgan fingerprint density at radius 2 is 1.96 bits per heavy atom. The summed E-state index contributed by atoms with van der Waals surface area (Å²) in [6, 6.07) is 12.3. The zero-order chi connectivity index (χ0) is 18.5. The molecular formula is C21H26N2O2S. The molecule has 0 saturated carbocycles. The fraction of sp³-hybridized carbons (Fsp3) is 0.429. The molecule has 1 aliphatic rings. The number of carbonyl (C=O) groups is 2. The van der Waals surface area contributed by atoms with Gasteiger partial charge in [-0.25, -0.2) is 0 Å². The Morgan fingerprint density at radius 1 is 1.19 bits per heavy atom. The van der Waals surface area contributed by atoms with Crippen molar-refractivity contribution < 1.29 is 9.59 Å². The van der Waals surface area contributed by atoms with Gasteiger partial charge < -0.3 is 9.80 Å². The second kappa shape index (κ2) is 8.49. The number of benzene rings is 1. The van der Waals surface area contributed by atoms with Gasteiger partial charge in [0.25, 0.3) is 0 Å². The van der Waals surface area contributed by atoms with Crippen LogP contribution in [0.5, 0.6) is 0 Å². The maximum Gasteiger partial charge on any atom is 0.242 e. The van der Waals surface area contributed by atoms with Crippen LogP contribution in [0.4, 0.5) is 0 Å². The maximum absolute atomic E-state index is 13.2. The highest BCUT2D eigenvalue weighted by Gasteiger charge is 2.33. The highest BCUT2D eigenvalue weighted by atomic mass is 32.1. The van der Waals surface area contributed by atoms with E-state index >= 15 is 0 Å². The molecule has 2 amide bonds. The number of carbonyl (C=O) groups excluding carboxylic acids is 2. The summed E-state index contributed by atoms with van der Waals surface area (Å²) in [5, 5.41) is 2.11. The van der Waals surface area contributed by atoms with Crippen molar-refractivity contribution in [1.82, 2.24) is 9.80 Å². The Balaban J connectivity index is 1.87. The van der Waals surface area contributed by atoms with E-state index in [0.29, 0.717) is 19.5 Å².